The SMILES string of the molecule is Cl.O=S1(=O)CCCN(CCC2CCNCC2)CC1. The van der Waals surface area contributed by atoms with Crippen LogP contribution in [0.2, 0.25) is 0 Å². The van der Waals surface area contributed by atoms with Crippen molar-refractivity contribution < 1.29 is 8.42 Å². The molecule has 18 heavy (non-hydrogen) atoms. The summed E-state index contributed by atoms with van der Waals surface area (Å²) in [4.78, 5) is 2.34. The zero-order chi connectivity index (χ0) is 12.1. The summed E-state index contributed by atoms with van der Waals surface area (Å²) in [6.45, 7) is 5.09. The molecule has 2 rings (SSSR count). The van der Waals surface area contributed by atoms with Gasteiger partial charge in [0.05, 0.1) is 11.5 Å². The Kier molecular flexibility index (Phi) is 6.92. The van der Waals surface area contributed by atoms with Gasteiger partial charge in [-0.25, -0.2) is 8.42 Å². The summed E-state index contributed by atoms with van der Waals surface area (Å²) < 4.78 is 23.0. The van der Waals surface area contributed by atoms with E-state index >= 15 is 0 Å². The van der Waals surface area contributed by atoms with Gasteiger partial charge in [-0.1, -0.05) is 0 Å². The van der Waals surface area contributed by atoms with Crippen molar-refractivity contribution in [1.82, 2.24) is 10.2 Å². The molecule has 1 N–H and O–H groups in total. The summed E-state index contributed by atoms with van der Waals surface area (Å²) >= 11 is 0. The second-order valence-electron chi connectivity index (χ2n) is 5.33. The van der Waals surface area contributed by atoms with Crippen LogP contribution in [0.15, 0.2) is 0 Å². The van der Waals surface area contributed by atoms with Gasteiger partial charge in [-0.3, -0.25) is 0 Å². The van der Waals surface area contributed by atoms with Gasteiger partial charge in [0, 0.05) is 6.54 Å². The predicted octanol–water partition coefficient (Wildman–Crippen LogP) is 0.918. The van der Waals surface area contributed by atoms with E-state index in [1.165, 1.54) is 19.3 Å². The Morgan fingerprint density at radius 3 is 2.56 bits per heavy atom. The maximum atomic E-state index is 11.5. The lowest BCUT2D eigenvalue weighted by molar-refractivity contribution is 0.248. The third-order valence-electron chi connectivity index (χ3n) is 3.96. The lowest BCUT2D eigenvalue weighted by atomic mass is 9.94. The van der Waals surface area contributed by atoms with Gasteiger partial charge < -0.3 is 10.2 Å². The summed E-state index contributed by atoms with van der Waals surface area (Å²) in [6.07, 6.45) is 4.62. The molecule has 0 aliphatic carbocycles. The number of hydrogen-bond donors (Lipinski definition) is 1. The summed E-state index contributed by atoms with van der Waals surface area (Å²) in [5.41, 5.74) is 0. The Morgan fingerprint density at radius 2 is 1.83 bits per heavy atom. The summed E-state index contributed by atoms with van der Waals surface area (Å²) in [5, 5.41) is 3.38. The van der Waals surface area contributed by atoms with Crippen LogP contribution in [0.1, 0.15) is 25.7 Å². The highest BCUT2D eigenvalue weighted by Crippen LogP contribution is 2.17. The van der Waals surface area contributed by atoms with Gasteiger partial charge in [-0.2, -0.15) is 0 Å². The van der Waals surface area contributed by atoms with Crippen molar-refractivity contribution in [2.45, 2.75) is 25.7 Å². The van der Waals surface area contributed by atoms with Crippen molar-refractivity contribution >= 4 is 22.2 Å². The molecule has 2 fully saturated rings. The quantitative estimate of drug-likeness (QED) is 0.841. The largest absolute Gasteiger partial charge is 0.317 e. The molecule has 0 saturated carbocycles. The van der Waals surface area contributed by atoms with Crippen LogP contribution in [0.25, 0.3) is 0 Å². The number of nitrogens with zero attached hydrogens (tertiary/aromatic N) is 1. The van der Waals surface area contributed by atoms with Crippen molar-refractivity contribution in [3.8, 4) is 0 Å². The van der Waals surface area contributed by atoms with Crippen molar-refractivity contribution in [2.24, 2.45) is 5.92 Å². The molecule has 0 spiro atoms. The molecule has 6 heteroatoms. The molecule has 108 valence electrons. The first-order chi connectivity index (χ1) is 8.16. The van der Waals surface area contributed by atoms with Crippen LogP contribution in [-0.2, 0) is 9.84 Å². The molecule has 0 bridgehead atoms. The normalized spacial score (nSPS) is 26.2. The molecule has 0 aromatic heterocycles. The van der Waals surface area contributed by atoms with Crippen molar-refractivity contribution in [3.63, 3.8) is 0 Å². The molecule has 2 saturated heterocycles. The minimum absolute atomic E-state index is 0. The molecule has 0 radical (unpaired) electrons. The zero-order valence-corrected chi connectivity index (χ0v) is 12.6. The molecular weight excluding hydrogens is 272 g/mol. The van der Waals surface area contributed by atoms with E-state index in [9.17, 15) is 8.42 Å². The van der Waals surface area contributed by atoms with Gasteiger partial charge in [0.2, 0.25) is 0 Å². The van der Waals surface area contributed by atoms with E-state index in [0.29, 0.717) is 11.5 Å². The minimum atomic E-state index is -2.75. The second kappa shape index (κ2) is 7.68. The zero-order valence-electron chi connectivity index (χ0n) is 10.9. The van der Waals surface area contributed by atoms with Crippen LogP contribution in [0.5, 0.6) is 0 Å². The lowest BCUT2D eigenvalue weighted by Crippen LogP contribution is -2.32. The summed E-state index contributed by atoms with van der Waals surface area (Å²) in [6, 6.07) is 0. The first kappa shape index (κ1) is 16.2. The first-order valence-corrected chi connectivity index (χ1v) is 8.61. The molecule has 2 heterocycles. The van der Waals surface area contributed by atoms with Crippen LogP contribution in [0.3, 0.4) is 0 Å². The fourth-order valence-corrected chi connectivity index (χ4v) is 4.06. The second-order valence-corrected chi connectivity index (χ2v) is 7.63. The van der Waals surface area contributed by atoms with Gasteiger partial charge in [0.15, 0.2) is 9.84 Å². The first-order valence-electron chi connectivity index (χ1n) is 6.79. The van der Waals surface area contributed by atoms with Crippen LogP contribution >= 0.6 is 12.4 Å². The monoisotopic (exact) mass is 296 g/mol. The Bertz CT molecular complexity index is 329. The number of piperidine rings is 1. The molecule has 2 aliphatic heterocycles. The average molecular weight is 297 g/mol. The minimum Gasteiger partial charge on any atom is -0.317 e. The third kappa shape index (κ3) is 5.43. The maximum absolute atomic E-state index is 11.5. The molecule has 0 aromatic carbocycles. The highest BCUT2D eigenvalue weighted by atomic mass is 35.5. The van der Waals surface area contributed by atoms with Gasteiger partial charge in [0.25, 0.3) is 0 Å². The Labute approximate surface area is 117 Å². The van der Waals surface area contributed by atoms with Crippen molar-refractivity contribution in [3.05, 3.63) is 0 Å². The fraction of sp³-hybridized carbons (Fsp3) is 1.00. The molecule has 0 aromatic rings. The maximum Gasteiger partial charge on any atom is 0.151 e. The molecule has 2 aliphatic rings. The standard InChI is InChI=1S/C12H24N2O2S.ClH/c15-17(16)10-1-7-14(9-11-17)8-4-12-2-5-13-6-3-12;/h12-13H,1-11H2;1H. The van der Waals surface area contributed by atoms with Gasteiger partial charge in [0.1, 0.15) is 0 Å². The van der Waals surface area contributed by atoms with E-state index in [1.807, 2.05) is 0 Å². The molecule has 0 amide bonds. The highest BCUT2D eigenvalue weighted by Gasteiger charge is 2.20. The van der Waals surface area contributed by atoms with Crippen LogP contribution in [-0.4, -0.2) is 57.5 Å². The molecular formula is C12H25ClN2O2S. The number of rotatable bonds is 3. The van der Waals surface area contributed by atoms with E-state index in [-0.39, 0.29) is 12.4 Å². The van der Waals surface area contributed by atoms with Gasteiger partial charge in [-0.15, -0.1) is 12.4 Å². The van der Waals surface area contributed by atoms with Crippen LogP contribution in [0.4, 0.5) is 0 Å². The van der Waals surface area contributed by atoms with Crippen LogP contribution < -0.4 is 5.32 Å². The highest BCUT2D eigenvalue weighted by molar-refractivity contribution is 7.91. The number of sulfone groups is 1. The topological polar surface area (TPSA) is 49.4 Å². The molecule has 0 atom stereocenters. The Morgan fingerprint density at radius 1 is 1.11 bits per heavy atom. The number of halogens is 1. The van der Waals surface area contributed by atoms with Crippen LogP contribution in [0, 0.1) is 5.92 Å². The summed E-state index contributed by atoms with van der Waals surface area (Å²) in [7, 11) is -2.75. The van der Waals surface area contributed by atoms with Gasteiger partial charge in [-0.05, 0) is 57.8 Å². The van der Waals surface area contributed by atoms with E-state index in [1.54, 1.807) is 0 Å². The van der Waals surface area contributed by atoms with Crippen molar-refractivity contribution in [2.75, 3.05) is 44.2 Å². The van der Waals surface area contributed by atoms with E-state index in [4.69, 9.17) is 0 Å². The number of hydrogen-bond acceptors (Lipinski definition) is 4. The van der Waals surface area contributed by atoms with Crippen molar-refractivity contribution in [1.29, 1.82) is 0 Å². The third-order valence-corrected chi connectivity index (χ3v) is 5.68. The Hall–Kier alpha value is 0.160. The fourth-order valence-electron chi connectivity index (χ4n) is 2.75. The lowest BCUT2D eigenvalue weighted by Gasteiger charge is -2.26. The Balaban J connectivity index is 0.00000162. The summed E-state index contributed by atoms with van der Waals surface area (Å²) in [5.74, 6) is 1.59. The predicted molar refractivity (Wildman–Crippen MR) is 77.2 cm³/mol. The average Bonchev–Trinajstić information content (AvgIpc) is 2.49. The number of nitrogens with one attached hydrogen (secondary N) is 1. The molecule has 0 unspecified atom stereocenters. The van der Waals surface area contributed by atoms with E-state index < -0.39 is 9.84 Å². The van der Waals surface area contributed by atoms with E-state index in [0.717, 1.165) is 45.1 Å². The van der Waals surface area contributed by atoms with Gasteiger partial charge >= 0.3 is 0 Å². The van der Waals surface area contributed by atoms with E-state index in [2.05, 4.69) is 10.2 Å². The molecule has 4 nitrogen and oxygen atoms in total. The smallest absolute Gasteiger partial charge is 0.151 e.